The zero-order valence-corrected chi connectivity index (χ0v) is 12.2. The first-order chi connectivity index (χ1) is 9.48. The second-order valence-electron chi connectivity index (χ2n) is 4.85. The summed E-state index contributed by atoms with van der Waals surface area (Å²) in [5, 5.41) is 9.30. The molecule has 0 unspecified atom stereocenters. The van der Waals surface area contributed by atoms with Crippen LogP contribution in [0.25, 0.3) is 0 Å². The molecule has 1 aromatic rings. The SMILES string of the molecule is CCn1cnc(NC(=O)NCC2CCS(=O)(=O)CC2)n1. The van der Waals surface area contributed by atoms with Crippen LogP contribution < -0.4 is 10.6 Å². The van der Waals surface area contributed by atoms with Crippen LogP contribution in [-0.2, 0) is 16.4 Å². The van der Waals surface area contributed by atoms with Crippen molar-refractivity contribution in [2.75, 3.05) is 23.4 Å². The smallest absolute Gasteiger partial charge is 0.321 e. The van der Waals surface area contributed by atoms with Gasteiger partial charge in [0, 0.05) is 13.1 Å². The minimum atomic E-state index is -2.85. The normalized spacial score (nSPS) is 18.6. The van der Waals surface area contributed by atoms with Crippen LogP contribution in [0, 0.1) is 5.92 Å². The van der Waals surface area contributed by atoms with E-state index in [0.29, 0.717) is 25.9 Å². The number of sulfone groups is 1. The Labute approximate surface area is 117 Å². The van der Waals surface area contributed by atoms with Crippen molar-refractivity contribution >= 4 is 21.8 Å². The largest absolute Gasteiger partial charge is 0.338 e. The molecule has 1 saturated heterocycles. The third-order valence-electron chi connectivity index (χ3n) is 3.31. The summed E-state index contributed by atoms with van der Waals surface area (Å²) in [7, 11) is -2.85. The van der Waals surface area contributed by atoms with Gasteiger partial charge < -0.3 is 5.32 Å². The van der Waals surface area contributed by atoms with E-state index >= 15 is 0 Å². The first-order valence-electron chi connectivity index (χ1n) is 6.63. The fourth-order valence-corrected chi connectivity index (χ4v) is 3.62. The Kier molecular flexibility index (Phi) is 4.58. The van der Waals surface area contributed by atoms with Gasteiger partial charge in [0.2, 0.25) is 5.95 Å². The molecule has 2 N–H and O–H groups in total. The average Bonchev–Trinajstić information content (AvgIpc) is 2.85. The number of urea groups is 1. The summed E-state index contributed by atoms with van der Waals surface area (Å²) in [5.74, 6) is 0.897. The molecule has 2 heterocycles. The molecule has 1 aliphatic rings. The molecule has 0 atom stereocenters. The predicted molar refractivity (Wildman–Crippen MR) is 74.1 cm³/mol. The molecule has 1 aliphatic heterocycles. The van der Waals surface area contributed by atoms with Gasteiger partial charge in [-0.3, -0.25) is 10.00 Å². The molecule has 9 heteroatoms. The van der Waals surface area contributed by atoms with Crippen LogP contribution in [0.3, 0.4) is 0 Å². The molecule has 0 aromatic carbocycles. The second-order valence-corrected chi connectivity index (χ2v) is 7.16. The molecule has 0 saturated carbocycles. The summed E-state index contributed by atoms with van der Waals surface area (Å²) in [6, 6.07) is -0.368. The second kappa shape index (κ2) is 6.21. The number of rotatable bonds is 4. The number of amides is 2. The van der Waals surface area contributed by atoms with Crippen LogP contribution in [0.2, 0.25) is 0 Å². The molecule has 0 spiro atoms. The van der Waals surface area contributed by atoms with Gasteiger partial charge in [0.25, 0.3) is 0 Å². The van der Waals surface area contributed by atoms with Gasteiger partial charge in [-0.15, -0.1) is 5.10 Å². The molecular weight excluding hydrogens is 282 g/mol. The number of aromatic nitrogens is 3. The fraction of sp³-hybridized carbons (Fsp3) is 0.727. The lowest BCUT2D eigenvalue weighted by Crippen LogP contribution is -2.36. The zero-order valence-electron chi connectivity index (χ0n) is 11.4. The maximum Gasteiger partial charge on any atom is 0.321 e. The van der Waals surface area contributed by atoms with Gasteiger partial charge in [0.05, 0.1) is 11.5 Å². The van der Waals surface area contributed by atoms with Gasteiger partial charge in [0.1, 0.15) is 16.2 Å². The molecule has 112 valence electrons. The fourth-order valence-electron chi connectivity index (χ4n) is 2.03. The van der Waals surface area contributed by atoms with Gasteiger partial charge in [-0.05, 0) is 25.7 Å². The lowest BCUT2D eigenvalue weighted by atomic mass is 10.0. The van der Waals surface area contributed by atoms with Crippen molar-refractivity contribution in [2.45, 2.75) is 26.3 Å². The van der Waals surface area contributed by atoms with Crippen molar-refractivity contribution in [3.05, 3.63) is 6.33 Å². The molecule has 0 aliphatic carbocycles. The first-order valence-corrected chi connectivity index (χ1v) is 8.45. The number of aryl methyl sites for hydroxylation is 1. The van der Waals surface area contributed by atoms with E-state index in [-0.39, 0.29) is 29.4 Å². The highest BCUT2D eigenvalue weighted by Gasteiger charge is 2.23. The van der Waals surface area contributed by atoms with Gasteiger partial charge in [-0.25, -0.2) is 18.2 Å². The number of anilines is 1. The van der Waals surface area contributed by atoms with Gasteiger partial charge in [-0.2, -0.15) is 0 Å². The number of carbonyl (C=O) groups is 1. The monoisotopic (exact) mass is 301 g/mol. The molecule has 0 bridgehead atoms. The molecular formula is C11H19N5O3S. The number of nitrogens with one attached hydrogen (secondary N) is 2. The maximum atomic E-state index is 11.7. The number of carbonyl (C=O) groups excluding carboxylic acids is 1. The van der Waals surface area contributed by atoms with Crippen molar-refractivity contribution in [1.29, 1.82) is 0 Å². The highest BCUT2D eigenvalue weighted by atomic mass is 32.2. The van der Waals surface area contributed by atoms with Crippen LogP contribution in [0.1, 0.15) is 19.8 Å². The lowest BCUT2D eigenvalue weighted by Gasteiger charge is -2.21. The average molecular weight is 301 g/mol. The van der Waals surface area contributed by atoms with Crippen molar-refractivity contribution in [3.8, 4) is 0 Å². The van der Waals surface area contributed by atoms with E-state index in [0.717, 1.165) is 0 Å². The molecule has 2 rings (SSSR count). The van der Waals surface area contributed by atoms with Crippen LogP contribution in [-0.4, -0.2) is 47.3 Å². The predicted octanol–water partition coefficient (Wildman–Crippen LogP) is 0.244. The lowest BCUT2D eigenvalue weighted by molar-refractivity contribution is 0.249. The minimum Gasteiger partial charge on any atom is -0.338 e. The summed E-state index contributed by atoms with van der Waals surface area (Å²) in [5.41, 5.74) is 0. The van der Waals surface area contributed by atoms with E-state index in [1.807, 2.05) is 6.92 Å². The van der Waals surface area contributed by atoms with Crippen molar-refractivity contribution in [2.24, 2.45) is 5.92 Å². The highest BCUT2D eigenvalue weighted by Crippen LogP contribution is 2.17. The van der Waals surface area contributed by atoms with E-state index in [1.54, 1.807) is 11.0 Å². The summed E-state index contributed by atoms with van der Waals surface area (Å²) in [6.45, 7) is 3.08. The number of hydrogen-bond donors (Lipinski definition) is 2. The summed E-state index contributed by atoms with van der Waals surface area (Å²) in [6.07, 6.45) is 2.75. The van der Waals surface area contributed by atoms with Crippen molar-refractivity contribution in [3.63, 3.8) is 0 Å². The van der Waals surface area contributed by atoms with Crippen molar-refractivity contribution in [1.82, 2.24) is 20.1 Å². The van der Waals surface area contributed by atoms with Gasteiger partial charge >= 0.3 is 6.03 Å². The van der Waals surface area contributed by atoms with E-state index in [2.05, 4.69) is 20.7 Å². The van der Waals surface area contributed by atoms with E-state index < -0.39 is 9.84 Å². The summed E-state index contributed by atoms with van der Waals surface area (Å²) >= 11 is 0. The Morgan fingerprint density at radius 1 is 1.45 bits per heavy atom. The van der Waals surface area contributed by atoms with E-state index in [1.165, 1.54) is 0 Å². The van der Waals surface area contributed by atoms with Gasteiger partial charge in [-0.1, -0.05) is 0 Å². The first kappa shape index (κ1) is 14.8. The van der Waals surface area contributed by atoms with E-state index in [9.17, 15) is 13.2 Å². The Bertz CT molecular complexity index is 554. The Balaban J connectivity index is 1.73. The molecule has 1 fully saturated rings. The third-order valence-corrected chi connectivity index (χ3v) is 5.03. The van der Waals surface area contributed by atoms with E-state index in [4.69, 9.17) is 0 Å². The van der Waals surface area contributed by atoms with Crippen LogP contribution in [0.5, 0.6) is 0 Å². The van der Waals surface area contributed by atoms with Crippen LogP contribution in [0.15, 0.2) is 6.33 Å². The molecule has 1 aromatic heterocycles. The van der Waals surface area contributed by atoms with Crippen molar-refractivity contribution < 1.29 is 13.2 Å². The summed E-state index contributed by atoms with van der Waals surface area (Å²) in [4.78, 5) is 15.6. The number of nitrogens with zero attached hydrogens (tertiary/aromatic N) is 3. The molecule has 0 radical (unpaired) electrons. The van der Waals surface area contributed by atoms with Gasteiger partial charge in [0.15, 0.2) is 0 Å². The molecule has 8 nitrogen and oxygen atoms in total. The van der Waals surface area contributed by atoms with Crippen LogP contribution >= 0.6 is 0 Å². The highest BCUT2D eigenvalue weighted by molar-refractivity contribution is 7.91. The summed E-state index contributed by atoms with van der Waals surface area (Å²) < 4.78 is 24.2. The maximum absolute atomic E-state index is 11.7. The quantitative estimate of drug-likeness (QED) is 0.829. The Morgan fingerprint density at radius 2 is 2.15 bits per heavy atom. The third kappa shape index (κ3) is 4.19. The topological polar surface area (TPSA) is 106 Å². The number of hydrogen-bond acceptors (Lipinski definition) is 5. The minimum absolute atomic E-state index is 0.212. The Morgan fingerprint density at radius 3 is 2.75 bits per heavy atom. The zero-order chi connectivity index (χ0) is 14.6. The molecule has 20 heavy (non-hydrogen) atoms. The Hall–Kier alpha value is -1.64. The van der Waals surface area contributed by atoms with Crippen LogP contribution in [0.4, 0.5) is 10.7 Å². The molecule has 2 amide bonds. The standard InChI is InChI=1S/C11H19N5O3S/c1-2-16-8-13-10(15-16)14-11(17)12-7-9-3-5-20(18,19)6-4-9/h8-9H,2-7H2,1H3,(H2,12,14,15,17).